The zero-order valence-electron chi connectivity index (χ0n) is 17.1. The minimum Gasteiger partial charge on any atom is -0.436 e. The summed E-state index contributed by atoms with van der Waals surface area (Å²) < 4.78 is 5.79. The van der Waals surface area contributed by atoms with Gasteiger partial charge in [-0.2, -0.15) is 0 Å². The summed E-state index contributed by atoms with van der Waals surface area (Å²) in [6, 6.07) is 21.7. The van der Waals surface area contributed by atoms with Gasteiger partial charge in [0.1, 0.15) is 5.52 Å². The van der Waals surface area contributed by atoms with Crippen LogP contribution in [-0.2, 0) is 16.0 Å². The molecule has 5 rings (SSSR count). The molecule has 2 heterocycles. The Balaban J connectivity index is 1.26. The Bertz CT molecular complexity index is 1270. The van der Waals surface area contributed by atoms with E-state index in [1.807, 2.05) is 48.5 Å². The largest absolute Gasteiger partial charge is 0.436 e. The molecule has 3 aromatic carbocycles. The van der Waals surface area contributed by atoms with Crippen LogP contribution in [0.5, 0.6) is 0 Å². The van der Waals surface area contributed by atoms with E-state index in [2.05, 4.69) is 10.3 Å². The molecule has 1 aromatic heterocycles. The molecule has 0 saturated carbocycles. The number of nitrogens with zero attached hydrogens (tertiary/aromatic N) is 2. The first kappa shape index (κ1) is 20.4. The highest BCUT2D eigenvalue weighted by atomic mass is 35.5. The summed E-state index contributed by atoms with van der Waals surface area (Å²) in [4.78, 5) is 31.2. The van der Waals surface area contributed by atoms with E-state index in [1.54, 1.807) is 24.3 Å². The molecule has 1 unspecified atom stereocenters. The van der Waals surface area contributed by atoms with Crippen LogP contribution >= 0.6 is 11.6 Å². The number of fused-ring (bicyclic) bond motifs is 1. The van der Waals surface area contributed by atoms with Crippen molar-refractivity contribution in [1.29, 1.82) is 0 Å². The number of carbonyl (C=O) groups excluding carboxylic acids is 2. The lowest BCUT2D eigenvalue weighted by atomic mass is 10.1. The Kier molecular flexibility index (Phi) is 5.47. The summed E-state index contributed by atoms with van der Waals surface area (Å²) >= 11 is 6.19. The highest BCUT2D eigenvalue weighted by Crippen LogP contribution is 2.28. The molecule has 1 aliphatic heterocycles. The van der Waals surface area contributed by atoms with Crippen molar-refractivity contribution in [1.82, 2.24) is 10.3 Å². The molecule has 0 bridgehead atoms. The van der Waals surface area contributed by atoms with E-state index in [-0.39, 0.29) is 18.2 Å². The molecule has 4 aromatic rings. The van der Waals surface area contributed by atoms with Crippen LogP contribution in [0.1, 0.15) is 12.0 Å². The Hall–Kier alpha value is -3.48. The van der Waals surface area contributed by atoms with E-state index < -0.39 is 6.04 Å². The predicted molar refractivity (Wildman–Crippen MR) is 124 cm³/mol. The van der Waals surface area contributed by atoms with Crippen LogP contribution in [0.15, 0.2) is 77.2 Å². The maximum atomic E-state index is 12.9. The second kappa shape index (κ2) is 8.57. The molecule has 6 nitrogen and oxygen atoms in total. The van der Waals surface area contributed by atoms with Gasteiger partial charge in [0.05, 0.1) is 18.2 Å². The van der Waals surface area contributed by atoms with Crippen LogP contribution in [-0.4, -0.2) is 29.4 Å². The lowest BCUT2D eigenvalue weighted by Gasteiger charge is -2.16. The fourth-order valence-electron chi connectivity index (χ4n) is 3.89. The molecule has 1 aliphatic rings. The van der Waals surface area contributed by atoms with E-state index >= 15 is 0 Å². The second-order valence-electron chi connectivity index (χ2n) is 7.65. The zero-order chi connectivity index (χ0) is 22.1. The summed E-state index contributed by atoms with van der Waals surface area (Å²) in [5.41, 5.74) is 3.81. The smallest absolute Gasteiger partial charge is 0.251 e. The monoisotopic (exact) mass is 445 g/mol. The molecular formula is C25H20ClN3O3. The Morgan fingerprint density at radius 3 is 2.53 bits per heavy atom. The van der Waals surface area contributed by atoms with E-state index in [1.165, 1.54) is 4.90 Å². The fraction of sp³-hybridized carbons (Fsp3) is 0.160. The molecule has 0 aliphatic carbocycles. The fourth-order valence-corrected chi connectivity index (χ4v) is 4.12. The van der Waals surface area contributed by atoms with Gasteiger partial charge in [0.2, 0.25) is 11.8 Å². The average Bonchev–Trinajstić information content (AvgIpc) is 3.36. The first-order chi connectivity index (χ1) is 15.6. The minimum absolute atomic E-state index is 0.133. The third-order valence-electron chi connectivity index (χ3n) is 5.56. The molecular weight excluding hydrogens is 426 g/mol. The number of hydrogen-bond donors (Lipinski definition) is 1. The molecule has 0 radical (unpaired) electrons. The lowest BCUT2D eigenvalue weighted by Crippen LogP contribution is -2.39. The summed E-state index contributed by atoms with van der Waals surface area (Å²) in [6.45, 7) is 0.553. The van der Waals surface area contributed by atoms with Gasteiger partial charge in [0, 0.05) is 10.6 Å². The maximum Gasteiger partial charge on any atom is 0.251 e. The molecule has 1 fully saturated rings. The van der Waals surface area contributed by atoms with Crippen LogP contribution in [0.4, 0.5) is 5.69 Å². The van der Waals surface area contributed by atoms with Crippen LogP contribution in [0, 0.1) is 0 Å². The summed E-state index contributed by atoms with van der Waals surface area (Å²) in [6.07, 6.45) is 0.811. The molecule has 1 saturated heterocycles. The van der Waals surface area contributed by atoms with Crippen molar-refractivity contribution in [2.45, 2.75) is 18.9 Å². The van der Waals surface area contributed by atoms with Gasteiger partial charge in [-0.3, -0.25) is 9.59 Å². The third-order valence-corrected chi connectivity index (χ3v) is 5.92. The number of hydrogen-bond acceptors (Lipinski definition) is 5. The highest BCUT2D eigenvalue weighted by Gasteiger charge is 2.39. The van der Waals surface area contributed by atoms with E-state index in [4.69, 9.17) is 16.0 Å². The number of aromatic nitrogens is 1. The molecule has 0 spiro atoms. The third kappa shape index (κ3) is 3.90. The van der Waals surface area contributed by atoms with Crippen LogP contribution in [0.3, 0.4) is 0 Å². The predicted octanol–water partition coefficient (Wildman–Crippen LogP) is 4.61. The molecule has 1 N–H and O–H groups in total. The maximum absolute atomic E-state index is 12.9. The molecule has 2 amide bonds. The second-order valence-corrected chi connectivity index (χ2v) is 8.06. The van der Waals surface area contributed by atoms with E-state index in [0.29, 0.717) is 35.1 Å². The summed E-state index contributed by atoms with van der Waals surface area (Å²) in [5, 5.41) is 3.89. The van der Waals surface area contributed by atoms with Gasteiger partial charge < -0.3 is 9.73 Å². The normalized spacial score (nSPS) is 16.3. The van der Waals surface area contributed by atoms with Crippen LogP contribution < -0.4 is 10.2 Å². The number of anilines is 1. The Morgan fingerprint density at radius 2 is 1.75 bits per heavy atom. The van der Waals surface area contributed by atoms with Crippen molar-refractivity contribution in [3.05, 3.63) is 83.4 Å². The number of oxazole rings is 1. The van der Waals surface area contributed by atoms with Gasteiger partial charge in [-0.15, -0.1) is 0 Å². The number of halogens is 1. The van der Waals surface area contributed by atoms with Crippen molar-refractivity contribution >= 4 is 40.2 Å². The lowest BCUT2D eigenvalue weighted by molar-refractivity contribution is -0.121. The number of benzene rings is 3. The summed E-state index contributed by atoms with van der Waals surface area (Å²) in [5.74, 6) is 0.0274. The molecule has 32 heavy (non-hydrogen) atoms. The van der Waals surface area contributed by atoms with Gasteiger partial charge in [-0.1, -0.05) is 41.9 Å². The van der Waals surface area contributed by atoms with Crippen LogP contribution in [0.25, 0.3) is 22.6 Å². The highest BCUT2D eigenvalue weighted by molar-refractivity contribution is 6.31. The SMILES string of the molecule is O=C1CC(NCCc2ccccc2Cl)C(=O)N1c1ccc(-c2nc3ccccc3o2)cc1. The Morgan fingerprint density at radius 1 is 1.00 bits per heavy atom. The molecule has 1 atom stereocenters. The van der Waals surface area contributed by atoms with Crippen molar-refractivity contribution in [3.63, 3.8) is 0 Å². The topological polar surface area (TPSA) is 75.4 Å². The minimum atomic E-state index is -0.540. The van der Waals surface area contributed by atoms with Gasteiger partial charge in [0.25, 0.3) is 5.91 Å². The number of rotatable bonds is 6. The van der Waals surface area contributed by atoms with Gasteiger partial charge in [0.15, 0.2) is 5.58 Å². The van der Waals surface area contributed by atoms with Crippen molar-refractivity contribution in [3.8, 4) is 11.5 Å². The van der Waals surface area contributed by atoms with E-state index in [0.717, 1.165) is 16.6 Å². The first-order valence-corrected chi connectivity index (χ1v) is 10.8. The van der Waals surface area contributed by atoms with Crippen molar-refractivity contribution in [2.24, 2.45) is 0 Å². The molecule has 7 heteroatoms. The zero-order valence-corrected chi connectivity index (χ0v) is 17.9. The molecule has 160 valence electrons. The standard InChI is InChI=1S/C25H20ClN3O3/c26-19-6-2-1-5-16(19)13-14-27-21-15-23(30)29(25(21)31)18-11-9-17(10-12-18)24-28-20-7-3-4-8-22(20)32-24/h1-12,21,27H,13-15H2. The average molecular weight is 446 g/mol. The summed E-state index contributed by atoms with van der Waals surface area (Å²) in [7, 11) is 0. The van der Waals surface area contributed by atoms with Crippen molar-refractivity contribution in [2.75, 3.05) is 11.4 Å². The quantitative estimate of drug-likeness (QED) is 0.438. The Labute approximate surface area is 189 Å². The van der Waals surface area contributed by atoms with Crippen molar-refractivity contribution < 1.29 is 14.0 Å². The van der Waals surface area contributed by atoms with Gasteiger partial charge in [-0.25, -0.2) is 9.88 Å². The number of amides is 2. The van der Waals surface area contributed by atoms with Gasteiger partial charge in [-0.05, 0) is 61.0 Å². The first-order valence-electron chi connectivity index (χ1n) is 10.4. The number of nitrogens with one attached hydrogen (secondary N) is 1. The van der Waals surface area contributed by atoms with E-state index in [9.17, 15) is 9.59 Å². The van der Waals surface area contributed by atoms with Crippen LogP contribution in [0.2, 0.25) is 5.02 Å². The number of imide groups is 1. The van der Waals surface area contributed by atoms with Gasteiger partial charge >= 0.3 is 0 Å². The number of carbonyl (C=O) groups is 2. The number of para-hydroxylation sites is 2.